The van der Waals surface area contributed by atoms with Gasteiger partial charge in [0.25, 0.3) is 0 Å². The van der Waals surface area contributed by atoms with Gasteiger partial charge in [-0.05, 0) is 58.2 Å². The number of hydrogen-bond acceptors (Lipinski definition) is 4. The number of thioether (sulfide) groups is 1. The predicted octanol–water partition coefficient (Wildman–Crippen LogP) is 4.00. The van der Waals surface area contributed by atoms with Gasteiger partial charge in [-0.15, -0.1) is 0 Å². The molecular formula is C15H24O3S. The normalized spacial score (nSPS) is 45.8. The van der Waals surface area contributed by atoms with E-state index >= 15 is 0 Å². The van der Waals surface area contributed by atoms with Gasteiger partial charge in [0, 0.05) is 11.3 Å². The third kappa shape index (κ3) is 2.31. The van der Waals surface area contributed by atoms with Crippen LogP contribution in [0.3, 0.4) is 0 Å². The molecule has 0 aromatic rings. The molecule has 0 radical (unpaired) electrons. The Bertz CT molecular complexity index is 389. The van der Waals surface area contributed by atoms with Gasteiger partial charge in [0.2, 0.25) is 0 Å². The predicted molar refractivity (Wildman–Crippen MR) is 76.3 cm³/mol. The van der Waals surface area contributed by atoms with Crippen LogP contribution >= 0.6 is 11.8 Å². The number of rotatable bonds is 1. The second kappa shape index (κ2) is 4.39. The maximum atomic E-state index is 11.5. The minimum absolute atomic E-state index is 0.0700. The van der Waals surface area contributed by atoms with Crippen LogP contribution in [-0.4, -0.2) is 28.4 Å². The van der Waals surface area contributed by atoms with Crippen LogP contribution < -0.4 is 0 Å². The second-order valence-electron chi connectivity index (χ2n) is 7.44. The number of fused-ring (bicyclic) bond motifs is 3. The molecule has 0 N–H and O–H groups in total. The highest BCUT2D eigenvalue weighted by Gasteiger charge is 2.58. The van der Waals surface area contributed by atoms with E-state index in [9.17, 15) is 4.79 Å². The summed E-state index contributed by atoms with van der Waals surface area (Å²) in [7, 11) is 0. The van der Waals surface area contributed by atoms with Gasteiger partial charge in [-0.3, -0.25) is 0 Å². The van der Waals surface area contributed by atoms with Crippen molar-refractivity contribution in [3.8, 4) is 0 Å². The van der Waals surface area contributed by atoms with Crippen molar-refractivity contribution in [1.29, 1.82) is 0 Å². The Morgan fingerprint density at radius 1 is 1.32 bits per heavy atom. The molecule has 2 aliphatic carbocycles. The van der Waals surface area contributed by atoms with Gasteiger partial charge in [0.1, 0.15) is 6.10 Å². The molecule has 108 valence electrons. The zero-order chi connectivity index (χ0) is 13.8. The molecule has 1 aliphatic heterocycles. The van der Waals surface area contributed by atoms with Crippen LogP contribution in [0.1, 0.15) is 53.4 Å². The zero-order valence-corrected chi connectivity index (χ0v) is 13.1. The third-order valence-corrected chi connectivity index (χ3v) is 6.12. The van der Waals surface area contributed by atoms with E-state index in [0.29, 0.717) is 17.3 Å². The summed E-state index contributed by atoms with van der Waals surface area (Å²) in [6, 6.07) is 0. The largest absolute Gasteiger partial charge is 0.453 e. The maximum absolute atomic E-state index is 11.5. The van der Waals surface area contributed by atoms with Crippen LogP contribution in [0.15, 0.2) is 0 Å². The Morgan fingerprint density at radius 2 is 2.05 bits per heavy atom. The van der Waals surface area contributed by atoms with Crippen LogP contribution in [-0.2, 0) is 9.47 Å². The summed E-state index contributed by atoms with van der Waals surface area (Å²) in [6.45, 7) is 8.72. The van der Waals surface area contributed by atoms with E-state index < -0.39 is 0 Å². The van der Waals surface area contributed by atoms with Crippen LogP contribution in [0.25, 0.3) is 0 Å². The fourth-order valence-corrected chi connectivity index (χ4v) is 5.19. The minimum Gasteiger partial charge on any atom is -0.453 e. The van der Waals surface area contributed by atoms with E-state index in [4.69, 9.17) is 9.47 Å². The lowest BCUT2D eigenvalue weighted by molar-refractivity contribution is -0.128. The Balaban J connectivity index is 1.80. The van der Waals surface area contributed by atoms with Gasteiger partial charge in [-0.1, -0.05) is 6.92 Å². The summed E-state index contributed by atoms with van der Waals surface area (Å²) < 4.78 is 11.9. The van der Waals surface area contributed by atoms with Crippen LogP contribution in [0.4, 0.5) is 4.79 Å². The topological polar surface area (TPSA) is 35.5 Å². The molecule has 1 heterocycles. The Hall–Kier alpha value is -0.220. The summed E-state index contributed by atoms with van der Waals surface area (Å²) in [6.07, 6.45) is 4.91. The molecule has 3 nitrogen and oxygen atoms in total. The van der Waals surface area contributed by atoms with Crippen molar-refractivity contribution in [1.82, 2.24) is 0 Å². The Labute approximate surface area is 119 Å². The van der Waals surface area contributed by atoms with Crippen molar-refractivity contribution in [3.63, 3.8) is 0 Å². The molecule has 0 spiro atoms. The zero-order valence-electron chi connectivity index (χ0n) is 12.3. The number of carbonyl (C=O) groups excluding carboxylic acids is 1. The van der Waals surface area contributed by atoms with Gasteiger partial charge in [-0.25, -0.2) is 4.79 Å². The summed E-state index contributed by atoms with van der Waals surface area (Å²) in [4.78, 5) is 11.5. The van der Waals surface area contributed by atoms with Crippen LogP contribution in [0.5, 0.6) is 0 Å². The van der Waals surface area contributed by atoms with Crippen molar-refractivity contribution < 1.29 is 14.3 Å². The van der Waals surface area contributed by atoms with Crippen molar-refractivity contribution >= 4 is 17.1 Å². The fourth-order valence-electron chi connectivity index (χ4n) is 4.16. The first-order valence-corrected chi connectivity index (χ1v) is 8.23. The number of ether oxygens (including phenoxy) is 2. The van der Waals surface area contributed by atoms with Crippen molar-refractivity contribution in [2.75, 3.05) is 0 Å². The van der Waals surface area contributed by atoms with Gasteiger partial charge in [0.15, 0.2) is 0 Å². The summed E-state index contributed by atoms with van der Waals surface area (Å²) >= 11 is 1.41. The molecule has 4 heteroatoms. The first-order valence-electron chi connectivity index (χ1n) is 7.35. The van der Waals surface area contributed by atoms with E-state index in [1.165, 1.54) is 11.8 Å². The van der Waals surface area contributed by atoms with Crippen molar-refractivity contribution in [2.45, 2.75) is 76.4 Å². The molecule has 3 fully saturated rings. The van der Waals surface area contributed by atoms with Crippen LogP contribution in [0, 0.1) is 11.3 Å². The Kier molecular flexibility index (Phi) is 3.17. The molecule has 3 aliphatic rings. The smallest absolute Gasteiger partial charge is 0.368 e. The molecule has 0 aromatic heterocycles. The summed E-state index contributed by atoms with van der Waals surface area (Å²) in [5.41, 5.74) is 0.0835. The van der Waals surface area contributed by atoms with Crippen LogP contribution in [0.2, 0.25) is 0 Å². The second-order valence-corrected chi connectivity index (χ2v) is 8.61. The molecule has 0 unspecified atom stereocenters. The van der Waals surface area contributed by atoms with Gasteiger partial charge < -0.3 is 9.47 Å². The van der Waals surface area contributed by atoms with Crippen molar-refractivity contribution in [2.24, 2.45) is 11.3 Å². The Morgan fingerprint density at radius 3 is 2.74 bits per heavy atom. The summed E-state index contributed by atoms with van der Waals surface area (Å²) in [5.74, 6) is 0.484. The molecule has 19 heavy (non-hydrogen) atoms. The van der Waals surface area contributed by atoms with E-state index in [2.05, 4.69) is 27.7 Å². The quantitative estimate of drug-likeness (QED) is 0.682. The lowest BCUT2D eigenvalue weighted by atomic mass is 9.67. The molecule has 0 bridgehead atoms. The van der Waals surface area contributed by atoms with E-state index in [1.807, 2.05) is 0 Å². The molecule has 3 rings (SSSR count). The standard InChI is InChI=1S/C15H24O3S/c1-14(2,3)18-11-6-5-9-12-10(19-13(16)17-12)7-8-15(9,11)4/h9-12H,5-8H2,1-4H3/t9-,10-,11-,12+,15-/m0/s1. The number of carbonyl (C=O) groups is 1. The molecule has 1 saturated heterocycles. The molecule has 0 aromatic carbocycles. The lowest BCUT2D eigenvalue weighted by Gasteiger charge is -2.45. The highest BCUT2D eigenvalue weighted by Crippen LogP contribution is 2.58. The lowest BCUT2D eigenvalue weighted by Crippen LogP contribution is -2.48. The van der Waals surface area contributed by atoms with Crippen molar-refractivity contribution in [3.05, 3.63) is 0 Å². The minimum atomic E-state index is -0.0967. The monoisotopic (exact) mass is 284 g/mol. The van der Waals surface area contributed by atoms with E-state index in [1.54, 1.807) is 0 Å². The average Bonchev–Trinajstić information content (AvgIpc) is 2.78. The number of hydrogen-bond donors (Lipinski definition) is 0. The van der Waals surface area contributed by atoms with Gasteiger partial charge >= 0.3 is 5.30 Å². The maximum Gasteiger partial charge on any atom is 0.368 e. The molecule has 0 amide bonds. The fraction of sp³-hybridized carbons (Fsp3) is 0.933. The summed E-state index contributed by atoms with van der Waals surface area (Å²) in [5, 5.41) is 0.318. The molecule has 2 saturated carbocycles. The van der Waals surface area contributed by atoms with Gasteiger partial charge in [0.05, 0.1) is 17.0 Å². The highest BCUT2D eigenvalue weighted by atomic mass is 32.2. The first-order chi connectivity index (χ1) is 8.79. The van der Waals surface area contributed by atoms with E-state index in [0.717, 1.165) is 25.7 Å². The highest BCUT2D eigenvalue weighted by molar-refractivity contribution is 8.14. The molecular weight excluding hydrogens is 260 g/mol. The average molecular weight is 284 g/mol. The van der Waals surface area contributed by atoms with E-state index in [-0.39, 0.29) is 22.4 Å². The third-order valence-electron chi connectivity index (χ3n) is 5.03. The van der Waals surface area contributed by atoms with Gasteiger partial charge in [-0.2, -0.15) is 0 Å². The first kappa shape index (κ1) is 13.7. The molecule has 5 atom stereocenters. The SMILES string of the molecule is CC(C)(C)O[C@H]1CC[C@H]2[C@H]3OC(=O)S[C@H]3CC[C@]12C.